The maximum Gasteiger partial charge on any atom is 0.284 e. The van der Waals surface area contributed by atoms with Crippen LogP contribution >= 0.6 is 11.3 Å². The summed E-state index contributed by atoms with van der Waals surface area (Å²) in [4.78, 5) is 15.8. The molecule has 0 saturated carbocycles. The average molecular weight is 232 g/mol. The number of nitrogens with zero attached hydrogens (tertiary/aromatic N) is 1. The quantitative estimate of drug-likeness (QED) is 0.884. The lowest BCUT2D eigenvalue weighted by Gasteiger charge is -2.07. The molecule has 16 heavy (non-hydrogen) atoms. The molecule has 2 rings (SSSR count). The van der Waals surface area contributed by atoms with E-state index < -0.39 is 0 Å². The maximum absolute atomic E-state index is 11.8. The van der Waals surface area contributed by atoms with E-state index in [1.807, 2.05) is 24.3 Å². The van der Waals surface area contributed by atoms with Crippen LogP contribution < -0.4 is 5.32 Å². The lowest BCUT2D eigenvalue weighted by Crippen LogP contribution is -2.12. The Kier molecular flexibility index (Phi) is 3.31. The molecular formula is C12H12N2OS. The molecule has 0 aliphatic heterocycles. The number of amides is 1. The first-order valence-electron chi connectivity index (χ1n) is 5.10. The Bertz CT molecular complexity index is 480. The highest BCUT2D eigenvalue weighted by atomic mass is 32.1. The molecule has 1 aromatic heterocycles. The van der Waals surface area contributed by atoms with E-state index in [0.717, 1.165) is 17.7 Å². The van der Waals surface area contributed by atoms with Gasteiger partial charge in [-0.3, -0.25) is 4.79 Å². The van der Waals surface area contributed by atoms with E-state index >= 15 is 0 Å². The van der Waals surface area contributed by atoms with Gasteiger partial charge in [-0.05, 0) is 18.1 Å². The molecule has 0 fully saturated rings. The van der Waals surface area contributed by atoms with Crippen molar-refractivity contribution in [2.75, 3.05) is 5.32 Å². The molecule has 1 aromatic carbocycles. The topological polar surface area (TPSA) is 42.0 Å². The fourth-order valence-electron chi connectivity index (χ4n) is 1.46. The van der Waals surface area contributed by atoms with Crippen molar-refractivity contribution in [3.63, 3.8) is 0 Å². The molecule has 0 bridgehead atoms. The summed E-state index contributed by atoms with van der Waals surface area (Å²) in [5.74, 6) is -0.143. The zero-order valence-electron chi connectivity index (χ0n) is 8.93. The summed E-state index contributed by atoms with van der Waals surface area (Å²) >= 11 is 1.34. The highest BCUT2D eigenvalue weighted by Gasteiger charge is 2.09. The van der Waals surface area contributed by atoms with Gasteiger partial charge in [0.1, 0.15) is 0 Å². The van der Waals surface area contributed by atoms with Crippen LogP contribution in [0.5, 0.6) is 0 Å². The summed E-state index contributed by atoms with van der Waals surface area (Å²) in [6, 6.07) is 7.80. The molecule has 4 heteroatoms. The van der Waals surface area contributed by atoms with E-state index in [1.165, 1.54) is 11.3 Å². The number of aromatic nitrogens is 1. The van der Waals surface area contributed by atoms with Crippen LogP contribution in [0.15, 0.2) is 35.8 Å². The predicted octanol–water partition coefficient (Wildman–Crippen LogP) is 2.96. The molecule has 82 valence electrons. The number of hydrogen-bond acceptors (Lipinski definition) is 3. The SMILES string of the molecule is CCc1ccccc1NC(=O)c1nccs1. The molecule has 0 radical (unpaired) electrons. The highest BCUT2D eigenvalue weighted by Crippen LogP contribution is 2.17. The van der Waals surface area contributed by atoms with E-state index in [0.29, 0.717) is 5.01 Å². The minimum absolute atomic E-state index is 0.143. The van der Waals surface area contributed by atoms with E-state index in [4.69, 9.17) is 0 Å². The van der Waals surface area contributed by atoms with Gasteiger partial charge in [-0.1, -0.05) is 25.1 Å². The van der Waals surface area contributed by atoms with Gasteiger partial charge >= 0.3 is 0 Å². The smallest absolute Gasteiger partial charge is 0.284 e. The van der Waals surface area contributed by atoms with Gasteiger partial charge in [0, 0.05) is 17.3 Å². The van der Waals surface area contributed by atoms with Gasteiger partial charge in [0.05, 0.1) is 0 Å². The number of carbonyl (C=O) groups is 1. The molecule has 1 amide bonds. The molecule has 0 atom stereocenters. The number of rotatable bonds is 3. The Labute approximate surface area is 98.2 Å². The van der Waals surface area contributed by atoms with Crippen LogP contribution in [0.25, 0.3) is 0 Å². The third-order valence-corrected chi connectivity index (χ3v) is 3.04. The molecular weight excluding hydrogens is 220 g/mol. The molecule has 1 N–H and O–H groups in total. The Morgan fingerprint density at radius 3 is 2.94 bits per heavy atom. The molecule has 0 spiro atoms. The van der Waals surface area contributed by atoms with Gasteiger partial charge in [-0.2, -0.15) is 0 Å². The first kappa shape index (κ1) is 10.8. The summed E-state index contributed by atoms with van der Waals surface area (Å²) < 4.78 is 0. The fourth-order valence-corrected chi connectivity index (χ4v) is 1.99. The van der Waals surface area contributed by atoms with Gasteiger partial charge in [0.15, 0.2) is 5.01 Å². The molecule has 1 heterocycles. The predicted molar refractivity (Wildman–Crippen MR) is 65.9 cm³/mol. The minimum atomic E-state index is -0.143. The van der Waals surface area contributed by atoms with Crippen molar-refractivity contribution in [2.45, 2.75) is 13.3 Å². The Morgan fingerprint density at radius 1 is 1.44 bits per heavy atom. The summed E-state index contributed by atoms with van der Waals surface area (Å²) in [7, 11) is 0. The fraction of sp³-hybridized carbons (Fsp3) is 0.167. The number of anilines is 1. The molecule has 2 aromatic rings. The summed E-state index contributed by atoms with van der Waals surface area (Å²) in [5.41, 5.74) is 2.00. The third kappa shape index (κ3) is 2.28. The van der Waals surface area contributed by atoms with Crippen molar-refractivity contribution in [1.82, 2.24) is 4.98 Å². The number of thiazole rings is 1. The standard InChI is InChI=1S/C12H12N2OS/c1-2-9-5-3-4-6-10(9)14-11(15)12-13-7-8-16-12/h3-8H,2H2,1H3,(H,14,15). The largest absolute Gasteiger partial charge is 0.320 e. The van der Waals surface area contributed by atoms with Crippen molar-refractivity contribution < 1.29 is 4.79 Å². The van der Waals surface area contributed by atoms with Crippen molar-refractivity contribution in [3.8, 4) is 0 Å². The van der Waals surface area contributed by atoms with Gasteiger partial charge in [-0.15, -0.1) is 11.3 Å². The average Bonchev–Trinajstić information content (AvgIpc) is 2.83. The number of aryl methyl sites for hydroxylation is 1. The van der Waals surface area contributed by atoms with E-state index in [1.54, 1.807) is 11.6 Å². The normalized spacial score (nSPS) is 10.1. The first-order valence-corrected chi connectivity index (χ1v) is 5.98. The second-order valence-electron chi connectivity index (χ2n) is 3.30. The summed E-state index contributed by atoms with van der Waals surface area (Å²) in [6.45, 7) is 2.06. The molecule has 0 aliphatic rings. The van der Waals surface area contributed by atoms with E-state index in [-0.39, 0.29) is 5.91 Å². The second kappa shape index (κ2) is 4.90. The number of para-hydroxylation sites is 1. The summed E-state index contributed by atoms with van der Waals surface area (Å²) in [5, 5.41) is 5.16. The van der Waals surface area contributed by atoms with E-state index in [9.17, 15) is 4.79 Å². The number of carbonyl (C=O) groups excluding carboxylic acids is 1. The number of benzene rings is 1. The molecule has 0 aliphatic carbocycles. The Morgan fingerprint density at radius 2 is 2.25 bits per heavy atom. The van der Waals surface area contributed by atoms with Crippen LogP contribution in [0.3, 0.4) is 0 Å². The number of nitrogens with one attached hydrogen (secondary N) is 1. The zero-order valence-corrected chi connectivity index (χ0v) is 9.75. The molecule has 0 saturated heterocycles. The van der Waals surface area contributed by atoms with Crippen molar-refractivity contribution in [1.29, 1.82) is 0 Å². The van der Waals surface area contributed by atoms with Crippen LogP contribution in [-0.4, -0.2) is 10.9 Å². The Balaban J connectivity index is 2.18. The van der Waals surface area contributed by atoms with Crippen LogP contribution in [0.1, 0.15) is 22.3 Å². The van der Waals surface area contributed by atoms with Gasteiger partial charge < -0.3 is 5.32 Å². The highest BCUT2D eigenvalue weighted by molar-refractivity contribution is 7.11. The first-order chi connectivity index (χ1) is 7.81. The summed E-state index contributed by atoms with van der Waals surface area (Å²) in [6.07, 6.45) is 2.53. The third-order valence-electron chi connectivity index (χ3n) is 2.27. The van der Waals surface area contributed by atoms with Crippen LogP contribution in [-0.2, 0) is 6.42 Å². The van der Waals surface area contributed by atoms with Crippen LogP contribution in [0.2, 0.25) is 0 Å². The van der Waals surface area contributed by atoms with Crippen molar-refractivity contribution >= 4 is 22.9 Å². The van der Waals surface area contributed by atoms with Crippen LogP contribution in [0, 0.1) is 0 Å². The second-order valence-corrected chi connectivity index (χ2v) is 4.20. The molecule has 3 nitrogen and oxygen atoms in total. The lowest BCUT2D eigenvalue weighted by molar-refractivity contribution is 0.102. The zero-order chi connectivity index (χ0) is 11.4. The minimum Gasteiger partial charge on any atom is -0.320 e. The van der Waals surface area contributed by atoms with Gasteiger partial charge in [-0.25, -0.2) is 4.98 Å². The molecule has 0 unspecified atom stereocenters. The van der Waals surface area contributed by atoms with Crippen LogP contribution in [0.4, 0.5) is 5.69 Å². The Hall–Kier alpha value is -1.68. The van der Waals surface area contributed by atoms with Crippen molar-refractivity contribution in [2.24, 2.45) is 0 Å². The van der Waals surface area contributed by atoms with Gasteiger partial charge in [0.25, 0.3) is 5.91 Å². The van der Waals surface area contributed by atoms with E-state index in [2.05, 4.69) is 17.2 Å². The van der Waals surface area contributed by atoms with Crippen molar-refractivity contribution in [3.05, 3.63) is 46.4 Å². The lowest BCUT2D eigenvalue weighted by atomic mass is 10.1. The van der Waals surface area contributed by atoms with Gasteiger partial charge in [0.2, 0.25) is 0 Å². The monoisotopic (exact) mass is 232 g/mol. The maximum atomic E-state index is 11.8. The number of hydrogen-bond donors (Lipinski definition) is 1.